The van der Waals surface area contributed by atoms with Crippen LogP contribution in [0.15, 0.2) is 37.6 Å². The number of aliphatic hydroxyl groups is 3. The van der Waals surface area contributed by atoms with Gasteiger partial charge in [-0.15, -0.1) is 0 Å². The van der Waals surface area contributed by atoms with Gasteiger partial charge in [0.05, 0.1) is 18.8 Å². The van der Waals surface area contributed by atoms with Crippen molar-refractivity contribution in [2.75, 3.05) is 13.2 Å². The van der Waals surface area contributed by atoms with E-state index < -0.39 is 77.8 Å². The lowest BCUT2D eigenvalue weighted by molar-refractivity contribution is -0.124. The molecular formula is C21H27N5O10. The lowest BCUT2D eigenvalue weighted by Crippen LogP contribution is -2.40. The SMILES string of the molecule is Cc1cn([C@H]2C[C@H](O)[C@@H](CNC(=O)C[C@@H]3[C@H](O)[C@@H](CO)O[C@H]3n3ccc(=O)[nH]c3=O)O2)c(=O)[nH]c1=O. The van der Waals surface area contributed by atoms with Gasteiger partial charge in [-0.2, -0.15) is 0 Å². The number of aromatic nitrogens is 4. The summed E-state index contributed by atoms with van der Waals surface area (Å²) in [6, 6.07) is 1.09. The third kappa shape index (κ3) is 5.10. The average molecular weight is 509 g/mol. The fourth-order valence-electron chi connectivity index (χ4n) is 4.45. The zero-order chi connectivity index (χ0) is 26.1. The van der Waals surface area contributed by atoms with Crippen molar-refractivity contribution < 1.29 is 29.6 Å². The summed E-state index contributed by atoms with van der Waals surface area (Å²) in [4.78, 5) is 64.2. The number of aryl methyl sites for hydroxylation is 1. The maximum absolute atomic E-state index is 12.7. The van der Waals surface area contributed by atoms with Crippen molar-refractivity contribution in [3.8, 4) is 0 Å². The Balaban J connectivity index is 1.41. The van der Waals surface area contributed by atoms with Crippen molar-refractivity contribution in [2.24, 2.45) is 5.92 Å². The molecule has 0 aliphatic carbocycles. The van der Waals surface area contributed by atoms with Crippen LogP contribution in [0.1, 0.15) is 30.9 Å². The Labute approximate surface area is 201 Å². The first-order valence-electron chi connectivity index (χ1n) is 11.3. The smallest absolute Gasteiger partial charge is 0.330 e. The molecule has 0 radical (unpaired) electrons. The van der Waals surface area contributed by atoms with Crippen molar-refractivity contribution in [3.05, 3.63) is 65.7 Å². The van der Waals surface area contributed by atoms with Gasteiger partial charge in [-0.05, 0) is 6.92 Å². The van der Waals surface area contributed by atoms with Crippen LogP contribution in [-0.4, -0.2) is 77.9 Å². The predicted molar refractivity (Wildman–Crippen MR) is 120 cm³/mol. The van der Waals surface area contributed by atoms with Crippen LogP contribution >= 0.6 is 0 Å². The Morgan fingerprint density at radius 3 is 2.53 bits per heavy atom. The summed E-state index contributed by atoms with van der Waals surface area (Å²) >= 11 is 0. The van der Waals surface area contributed by atoms with Crippen LogP contribution in [0.4, 0.5) is 0 Å². The lowest BCUT2D eigenvalue weighted by Gasteiger charge is -2.22. The topological polar surface area (TPSA) is 218 Å². The molecule has 2 aromatic heterocycles. The van der Waals surface area contributed by atoms with Crippen LogP contribution in [0.3, 0.4) is 0 Å². The number of hydrogen-bond donors (Lipinski definition) is 6. The number of ether oxygens (including phenoxy) is 2. The number of aromatic amines is 2. The molecule has 0 unspecified atom stereocenters. The van der Waals surface area contributed by atoms with E-state index in [1.807, 2.05) is 0 Å². The second-order valence-electron chi connectivity index (χ2n) is 8.84. The third-order valence-corrected chi connectivity index (χ3v) is 6.39. The Morgan fingerprint density at radius 2 is 1.83 bits per heavy atom. The fraction of sp³-hybridized carbons (Fsp3) is 0.571. The molecule has 2 aliphatic heterocycles. The predicted octanol–water partition coefficient (Wildman–Crippen LogP) is -3.58. The molecule has 2 saturated heterocycles. The summed E-state index contributed by atoms with van der Waals surface area (Å²) in [5, 5.41) is 33.0. The van der Waals surface area contributed by atoms with Gasteiger partial charge < -0.3 is 30.1 Å². The van der Waals surface area contributed by atoms with Gasteiger partial charge >= 0.3 is 11.4 Å². The quantitative estimate of drug-likeness (QED) is 0.215. The summed E-state index contributed by atoms with van der Waals surface area (Å²) in [5.41, 5.74) is -2.35. The lowest BCUT2D eigenvalue weighted by atomic mass is 9.95. The van der Waals surface area contributed by atoms with E-state index in [9.17, 15) is 39.3 Å². The molecule has 7 atom stereocenters. The van der Waals surface area contributed by atoms with E-state index in [2.05, 4.69) is 15.3 Å². The van der Waals surface area contributed by atoms with E-state index in [0.717, 1.165) is 15.2 Å². The number of rotatable bonds is 7. The van der Waals surface area contributed by atoms with Gasteiger partial charge in [-0.1, -0.05) is 0 Å². The first-order valence-corrected chi connectivity index (χ1v) is 11.3. The van der Waals surface area contributed by atoms with E-state index in [0.29, 0.717) is 5.56 Å². The molecule has 15 heteroatoms. The number of nitrogens with one attached hydrogen (secondary N) is 3. The highest BCUT2D eigenvalue weighted by atomic mass is 16.5. The van der Waals surface area contributed by atoms with E-state index in [1.54, 1.807) is 0 Å². The van der Waals surface area contributed by atoms with E-state index in [1.165, 1.54) is 19.3 Å². The van der Waals surface area contributed by atoms with E-state index >= 15 is 0 Å². The number of carbonyl (C=O) groups excluding carboxylic acids is 1. The minimum Gasteiger partial charge on any atom is -0.394 e. The largest absolute Gasteiger partial charge is 0.394 e. The summed E-state index contributed by atoms with van der Waals surface area (Å²) in [7, 11) is 0. The highest BCUT2D eigenvalue weighted by Crippen LogP contribution is 2.36. The number of nitrogens with zero attached hydrogens (tertiary/aromatic N) is 2. The molecule has 36 heavy (non-hydrogen) atoms. The molecule has 196 valence electrons. The molecule has 2 aromatic rings. The van der Waals surface area contributed by atoms with E-state index in [4.69, 9.17) is 9.47 Å². The molecule has 0 saturated carbocycles. The Bertz CT molecular complexity index is 1350. The monoisotopic (exact) mass is 509 g/mol. The molecule has 4 rings (SSSR count). The molecule has 2 fully saturated rings. The van der Waals surface area contributed by atoms with Crippen LogP contribution in [-0.2, 0) is 14.3 Å². The van der Waals surface area contributed by atoms with Gasteiger partial charge in [0.25, 0.3) is 11.1 Å². The van der Waals surface area contributed by atoms with Gasteiger partial charge in [0, 0.05) is 49.3 Å². The Kier molecular flexibility index (Phi) is 7.37. The zero-order valence-corrected chi connectivity index (χ0v) is 19.2. The third-order valence-electron chi connectivity index (χ3n) is 6.39. The van der Waals surface area contributed by atoms with Gasteiger partial charge in [0.2, 0.25) is 5.91 Å². The van der Waals surface area contributed by atoms with Crippen molar-refractivity contribution in [2.45, 2.75) is 56.6 Å². The standard InChI is InChI=1S/C21H27N5O10/c1-9-7-26(21(34)24-18(9)32)16-5-11(28)12(35-16)6-22-15(30)4-10-17(31)13(8-27)36-19(10)25-3-2-14(29)23-20(25)33/h2-3,7,10-13,16-17,19,27-28,31H,4-6,8H2,1H3,(H,22,30)(H,23,29,33)(H,24,32,34)/t10-,11+,12-,13-,16-,17+,19-/m1/s1. The normalized spacial score (nSPS) is 29.9. The van der Waals surface area contributed by atoms with Crippen LogP contribution in [0.25, 0.3) is 0 Å². The fourth-order valence-corrected chi connectivity index (χ4v) is 4.45. The van der Waals surface area contributed by atoms with Crippen LogP contribution in [0, 0.1) is 12.8 Å². The van der Waals surface area contributed by atoms with Crippen molar-refractivity contribution in [3.63, 3.8) is 0 Å². The molecular weight excluding hydrogens is 482 g/mol. The molecule has 6 N–H and O–H groups in total. The van der Waals surface area contributed by atoms with Gasteiger partial charge in [0.1, 0.15) is 24.7 Å². The molecule has 4 heterocycles. The molecule has 2 aliphatic rings. The van der Waals surface area contributed by atoms with E-state index in [-0.39, 0.29) is 19.4 Å². The second kappa shape index (κ2) is 10.3. The van der Waals surface area contributed by atoms with Crippen LogP contribution < -0.4 is 27.8 Å². The Hall–Kier alpha value is -3.37. The number of amides is 1. The van der Waals surface area contributed by atoms with Gasteiger partial charge in [-0.25, -0.2) is 9.59 Å². The maximum atomic E-state index is 12.7. The summed E-state index contributed by atoms with van der Waals surface area (Å²) in [6.07, 6.45) is -3.92. The summed E-state index contributed by atoms with van der Waals surface area (Å²) < 4.78 is 13.5. The van der Waals surface area contributed by atoms with Gasteiger partial charge in [-0.3, -0.25) is 33.5 Å². The van der Waals surface area contributed by atoms with Crippen LogP contribution in [0.2, 0.25) is 0 Å². The number of carbonyl (C=O) groups is 1. The molecule has 0 aromatic carbocycles. The average Bonchev–Trinajstić information content (AvgIpc) is 3.34. The number of hydrogen-bond acceptors (Lipinski definition) is 10. The Morgan fingerprint density at radius 1 is 1.11 bits per heavy atom. The molecule has 15 nitrogen and oxygen atoms in total. The number of H-pyrrole nitrogens is 2. The minimum absolute atomic E-state index is 0.0521. The van der Waals surface area contributed by atoms with Crippen LogP contribution in [0.5, 0.6) is 0 Å². The summed E-state index contributed by atoms with van der Waals surface area (Å²) in [5.74, 6) is -1.49. The molecule has 0 spiro atoms. The zero-order valence-electron chi connectivity index (χ0n) is 19.2. The highest BCUT2D eigenvalue weighted by Gasteiger charge is 2.45. The van der Waals surface area contributed by atoms with Crippen molar-refractivity contribution in [1.29, 1.82) is 0 Å². The molecule has 1 amide bonds. The first kappa shape index (κ1) is 25.7. The minimum atomic E-state index is -1.28. The maximum Gasteiger partial charge on any atom is 0.330 e. The summed E-state index contributed by atoms with van der Waals surface area (Å²) in [6.45, 7) is 0.847. The highest BCUT2D eigenvalue weighted by molar-refractivity contribution is 5.76. The van der Waals surface area contributed by atoms with Gasteiger partial charge in [0.15, 0.2) is 0 Å². The van der Waals surface area contributed by atoms with Crippen molar-refractivity contribution >= 4 is 5.91 Å². The number of aliphatic hydroxyl groups excluding tert-OH is 3. The van der Waals surface area contributed by atoms with Crippen molar-refractivity contribution in [1.82, 2.24) is 24.4 Å². The second-order valence-corrected chi connectivity index (χ2v) is 8.84. The molecule has 0 bridgehead atoms. The first-order chi connectivity index (χ1) is 17.1.